The predicted octanol–water partition coefficient (Wildman–Crippen LogP) is 3.76. The number of benzene rings is 2. The Kier molecular flexibility index (Phi) is 5.86. The number of ether oxygens (including phenoxy) is 2. The zero-order valence-corrected chi connectivity index (χ0v) is 16.1. The van der Waals surface area contributed by atoms with Gasteiger partial charge in [-0.1, -0.05) is 23.7 Å². The smallest absolute Gasteiger partial charge is 0.286 e. The average Bonchev–Trinajstić information content (AvgIpc) is 2.97. The van der Waals surface area contributed by atoms with E-state index in [1.165, 1.54) is 19.2 Å². The molecule has 2 N–H and O–H groups in total. The largest absolute Gasteiger partial charge is 0.493 e. The van der Waals surface area contributed by atoms with Crippen LogP contribution in [0.2, 0.25) is 5.02 Å². The molecule has 1 amide bonds. The summed E-state index contributed by atoms with van der Waals surface area (Å²) in [5, 5.41) is 11.3. The number of nitrogens with zero attached hydrogens (tertiary/aromatic N) is 2. The Morgan fingerprint density at radius 1 is 1.36 bits per heavy atom. The number of thioether (sulfide) groups is 1. The standard InChI is InChI=1S/C18H14ClN3O5S/c1-26-14-7-11(8-15-17(23)21-18(20)28-15)6-13(19)16(14)27-9-10-3-2-4-12(5-10)22(24)25/h2-8H,9H2,1H3,(H2,20,21,23)/b15-8-. The van der Waals surface area contributed by atoms with Gasteiger partial charge in [0.25, 0.3) is 11.6 Å². The van der Waals surface area contributed by atoms with Gasteiger partial charge in [0.15, 0.2) is 16.7 Å². The van der Waals surface area contributed by atoms with Crippen molar-refractivity contribution in [2.75, 3.05) is 7.11 Å². The van der Waals surface area contributed by atoms with Crippen molar-refractivity contribution in [1.82, 2.24) is 0 Å². The first-order valence-electron chi connectivity index (χ1n) is 7.89. The highest BCUT2D eigenvalue weighted by molar-refractivity contribution is 8.18. The number of nitro groups is 1. The fraction of sp³-hybridized carbons (Fsp3) is 0.111. The van der Waals surface area contributed by atoms with E-state index in [1.54, 1.807) is 30.3 Å². The van der Waals surface area contributed by atoms with Gasteiger partial charge in [-0.05, 0) is 41.1 Å². The van der Waals surface area contributed by atoms with Gasteiger partial charge in [0.05, 0.1) is 22.0 Å². The van der Waals surface area contributed by atoms with Crippen molar-refractivity contribution in [1.29, 1.82) is 0 Å². The topological polar surface area (TPSA) is 117 Å². The van der Waals surface area contributed by atoms with Crippen LogP contribution in [0.1, 0.15) is 11.1 Å². The minimum atomic E-state index is -0.474. The number of amidine groups is 1. The molecule has 2 aromatic carbocycles. The molecule has 0 spiro atoms. The van der Waals surface area contributed by atoms with Gasteiger partial charge in [-0.25, -0.2) is 0 Å². The van der Waals surface area contributed by atoms with E-state index in [9.17, 15) is 14.9 Å². The Morgan fingerprint density at radius 3 is 2.79 bits per heavy atom. The summed E-state index contributed by atoms with van der Waals surface area (Å²) in [6.07, 6.45) is 1.61. The number of aliphatic imine (C=N–C) groups is 1. The minimum Gasteiger partial charge on any atom is -0.493 e. The Morgan fingerprint density at radius 2 is 2.14 bits per heavy atom. The first-order chi connectivity index (χ1) is 13.4. The molecule has 10 heteroatoms. The van der Waals surface area contributed by atoms with Crippen LogP contribution in [0.4, 0.5) is 5.69 Å². The van der Waals surface area contributed by atoms with E-state index >= 15 is 0 Å². The van der Waals surface area contributed by atoms with Crippen LogP contribution in [0.3, 0.4) is 0 Å². The molecular weight excluding hydrogens is 406 g/mol. The zero-order valence-electron chi connectivity index (χ0n) is 14.5. The third-order valence-corrected chi connectivity index (χ3v) is 4.78. The Balaban J connectivity index is 1.82. The lowest BCUT2D eigenvalue weighted by Crippen LogP contribution is -2.01. The molecule has 0 atom stereocenters. The molecule has 144 valence electrons. The highest BCUT2D eigenvalue weighted by Crippen LogP contribution is 2.38. The Bertz CT molecular complexity index is 1020. The zero-order chi connectivity index (χ0) is 20.3. The number of rotatable bonds is 6. The van der Waals surface area contributed by atoms with Crippen LogP contribution in [0.5, 0.6) is 11.5 Å². The van der Waals surface area contributed by atoms with Crippen LogP contribution in [0, 0.1) is 10.1 Å². The van der Waals surface area contributed by atoms with Gasteiger partial charge in [-0.2, -0.15) is 4.99 Å². The third-order valence-electron chi connectivity index (χ3n) is 3.69. The quantitative estimate of drug-likeness (QED) is 0.430. The maximum atomic E-state index is 11.7. The fourth-order valence-corrected chi connectivity index (χ4v) is 3.41. The molecule has 1 aliphatic heterocycles. The molecule has 0 radical (unpaired) electrons. The van der Waals surface area contributed by atoms with Crippen molar-refractivity contribution in [3.63, 3.8) is 0 Å². The number of carbonyl (C=O) groups excluding carboxylic acids is 1. The van der Waals surface area contributed by atoms with Crippen LogP contribution in [-0.4, -0.2) is 23.1 Å². The number of non-ortho nitro benzene ring substituents is 1. The van der Waals surface area contributed by atoms with Crippen molar-refractivity contribution >= 4 is 46.2 Å². The third kappa shape index (κ3) is 4.44. The van der Waals surface area contributed by atoms with Crippen molar-refractivity contribution in [3.8, 4) is 11.5 Å². The van der Waals surface area contributed by atoms with E-state index in [0.29, 0.717) is 27.5 Å². The van der Waals surface area contributed by atoms with E-state index in [2.05, 4.69) is 4.99 Å². The predicted molar refractivity (Wildman–Crippen MR) is 108 cm³/mol. The molecule has 0 unspecified atom stereocenters. The van der Waals surface area contributed by atoms with E-state index in [4.69, 9.17) is 26.8 Å². The summed E-state index contributed by atoms with van der Waals surface area (Å²) in [6.45, 7) is 0.0664. The number of amides is 1. The van der Waals surface area contributed by atoms with E-state index in [-0.39, 0.29) is 22.5 Å². The lowest BCUT2D eigenvalue weighted by Gasteiger charge is -2.13. The number of hydrogen-bond donors (Lipinski definition) is 1. The van der Waals surface area contributed by atoms with Crippen molar-refractivity contribution < 1.29 is 19.2 Å². The van der Waals surface area contributed by atoms with E-state index < -0.39 is 10.8 Å². The second kappa shape index (κ2) is 8.32. The summed E-state index contributed by atoms with van der Waals surface area (Å²) in [7, 11) is 1.46. The van der Waals surface area contributed by atoms with Gasteiger partial charge in [0.2, 0.25) is 0 Å². The normalized spacial score (nSPS) is 14.9. The van der Waals surface area contributed by atoms with Crippen LogP contribution in [-0.2, 0) is 11.4 Å². The Hall–Kier alpha value is -3.04. The molecule has 0 bridgehead atoms. The molecule has 1 aliphatic rings. The first-order valence-corrected chi connectivity index (χ1v) is 9.08. The first kappa shape index (κ1) is 19.7. The summed E-state index contributed by atoms with van der Waals surface area (Å²) >= 11 is 7.40. The average molecular weight is 420 g/mol. The van der Waals surface area contributed by atoms with Crippen LogP contribution in [0.15, 0.2) is 46.3 Å². The number of nitrogens with two attached hydrogens (primary N) is 1. The maximum absolute atomic E-state index is 11.7. The Labute approximate surface area is 169 Å². The highest BCUT2D eigenvalue weighted by atomic mass is 35.5. The lowest BCUT2D eigenvalue weighted by atomic mass is 10.1. The summed E-state index contributed by atoms with van der Waals surface area (Å²) in [4.78, 5) is 26.2. The number of nitro benzene ring substituents is 1. The molecule has 28 heavy (non-hydrogen) atoms. The molecule has 0 fully saturated rings. The lowest BCUT2D eigenvalue weighted by molar-refractivity contribution is -0.384. The van der Waals surface area contributed by atoms with Gasteiger partial charge in [0, 0.05) is 12.1 Å². The van der Waals surface area contributed by atoms with Gasteiger partial charge in [0.1, 0.15) is 6.61 Å². The molecule has 0 saturated carbocycles. The number of halogens is 1. The monoisotopic (exact) mass is 419 g/mol. The molecule has 8 nitrogen and oxygen atoms in total. The molecule has 0 saturated heterocycles. The van der Waals surface area contributed by atoms with Gasteiger partial charge < -0.3 is 15.2 Å². The molecule has 1 heterocycles. The van der Waals surface area contributed by atoms with Crippen molar-refractivity contribution in [3.05, 3.63) is 67.6 Å². The summed E-state index contributed by atoms with van der Waals surface area (Å²) in [5.41, 5.74) is 6.74. The van der Waals surface area contributed by atoms with Crippen molar-refractivity contribution in [2.45, 2.75) is 6.61 Å². The van der Waals surface area contributed by atoms with Crippen LogP contribution in [0.25, 0.3) is 6.08 Å². The summed E-state index contributed by atoms with van der Waals surface area (Å²) in [5.74, 6) is 0.233. The molecule has 0 aromatic heterocycles. The van der Waals surface area contributed by atoms with Crippen LogP contribution >= 0.6 is 23.4 Å². The fourth-order valence-electron chi connectivity index (χ4n) is 2.46. The van der Waals surface area contributed by atoms with Gasteiger partial charge in [-0.3, -0.25) is 14.9 Å². The molecule has 3 rings (SSSR count). The van der Waals surface area contributed by atoms with Gasteiger partial charge >= 0.3 is 0 Å². The number of hydrogen-bond acceptors (Lipinski definition) is 7. The van der Waals surface area contributed by atoms with Gasteiger partial charge in [-0.15, -0.1) is 0 Å². The summed E-state index contributed by atoms with van der Waals surface area (Å²) in [6, 6.07) is 9.38. The second-order valence-electron chi connectivity index (χ2n) is 5.62. The molecule has 0 aliphatic carbocycles. The van der Waals surface area contributed by atoms with Crippen LogP contribution < -0.4 is 15.2 Å². The minimum absolute atomic E-state index is 0.0265. The molecular formula is C18H14ClN3O5S. The van der Waals surface area contributed by atoms with E-state index in [0.717, 1.165) is 11.8 Å². The van der Waals surface area contributed by atoms with E-state index in [1.807, 2.05) is 0 Å². The highest BCUT2D eigenvalue weighted by Gasteiger charge is 2.20. The number of methoxy groups -OCH3 is 1. The SMILES string of the molecule is COc1cc(/C=C2\SC(N)=NC2=O)cc(Cl)c1OCc1cccc([N+](=O)[O-])c1. The molecule has 2 aromatic rings. The number of carbonyl (C=O) groups is 1. The summed E-state index contributed by atoms with van der Waals surface area (Å²) < 4.78 is 11.1. The second-order valence-corrected chi connectivity index (χ2v) is 7.09. The van der Waals surface area contributed by atoms with Crippen molar-refractivity contribution in [2.24, 2.45) is 10.7 Å². The maximum Gasteiger partial charge on any atom is 0.286 e.